The van der Waals surface area contributed by atoms with E-state index >= 15 is 0 Å². The van der Waals surface area contributed by atoms with Crippen LogP contribution in [-0.2, 0) is 0 Å². The molecule has 0 bridgehead atoms. The van der Waals surface area contributed by atoms with E-state index in [0.717, 1.165) is 23.5 Å². The van der Waals surface area contributed by atoms with Crippen molar-refractivity contribution in [2.24, 2.45) is 5.73 Å². The molecule has 4 heteroatoms. The first-order chi connectivity index (χ1) is 8.60. The third-order valence-electron chi connectivity index (χ3n) is 2.98. The normalized spacial score (nSPS) is 10.2. The molecule has 0 spiro atoms. The molecule has 0 saturated heterocycles. The minimum atomic E-state index is 0.426. The number of nitrogens with two attached hydrogens (primary N) is 1. The summed E-state index contributed by atoms with van der Waals surface area (Å²) in [5, 5.41) is 0. The van der Waals surface area contributed by atoms with Gasteiger partial charge in [0, 0.05) is 25.2 Å². The van der Waals surface area contributed by atoms with E-state index in [9.17, 15) is 0 Å². The summed E-state index contributed by atoms with van der Waals surface area (Å²) >= 11 is 5.09. The maximum atomic E-state index is 5.76. The van der Waals surface area contributed by atoms with Crippen LogP contribution in [0.4, 0.5) is 5.69 Å². The molecular weight excluding hydrogens is 244 g/mol. The molecule has 1 rings (SSSR count). The topological polar surface area (TPSA) is 38.5 Å². The van der Waals surface area contributed by atoms with Gasteiger partial charge in [0.15, 0.2) is 0 Å². The minimum Gasteiger partial charge on any atom is -0.497 e. The van der Waals surface area contributed by atoms with Crippen molar-refractivity contribution >= 4 is 22.9 Å². The van der Waals surface area contributed by atoms with Gasteiger partial charge in [0.25, 0.3) is 0 Å². The molecule has 18 heavy (non-hydrogen) atoms. The number of nitrogens with zero attached hydrogens (tertiary/aromatic N) is 1. The van der Waals surface area contributed by atoms with Gasteiger partial charge in [-0.3, -0.25) is 0 Å². The number of unbranched alkanes of at least 4 members (excludes halogenated alkanes) is 2. The molecule has 0 aliphatic carbocycles. The number of thiocarbonyl (C=S) groups is 1. The summed E-state index contributed by atoms with van der Waals surface area (Å²) in [6, 6.07) is 5.80. The molecule has 100 valence electrons. The number of hydrogen-bond acceptors (Lipinski definition) is 3. The van der Waals surface area contributed by atoms with Crippen molar-refractivity contribution < 1.29 is 4.74 Å². The van der Waals surface area contributed by atoms with Gasteiger partial charge < -0.3 is 15.4 Å². The molecule has 0 aromatic heterocycles. The summed E-state index contributed by atoms with van der Waals surface area (Å²) in [5.74, 6) is 0.826. The van der Waals surface area contributed by atoms with Crippen LogP contribution in [0, 0.1) is 0 Å². The minimum absolute atomic E-state index is 0.426. The van der Waals surface area contributed by atoms with Crippen LogP contribution >= 0.6 is 12.2 Å². The van der Waals surface area contributed by atoms with E-state index in [-0.39, 0.29) is 0 Å². The second-order valence-electron chi connectivity index (χ2n) is 4.38. The molecule has 2 N–H and O–H groups in total. The lowest BCUT2D eigenvalue weighted by Crippen LogP contribution is -2.23. The number of benzene rings is 1. The summed E-state index contributed by atoms with van der Waals surface area (Å²) in [5.41, 5.74) is 7.71. The average molecular weight is 266 g/mol. The number of hydrogen-bond donors (Lipinski definition) is 1. The zero-order valence-electron chi connectivity index (χ0n) is 11.4. The Morgan fingerprint density at radius 3 is 2.67 bits per heavy atom. The van der Waals surface area contributed by atoms with Crippen molar-refractivity contribution in [2.75, 3.05) is 25.6 Å². The number of methoxy groups -OCH3 is 1. The Labute approximate surface area is 115 Å². The van der Waals surface area contributed by atoms with Crippen molar-refractivity contribution in [3.63, 3.8) is 0 Å². The Kier molecular flexibility index (Phi) is 5.92. The lowest BCUT2D eigenvalue weighted by atomic mass is 10.1. The Hall–Kier alpha value is -1.29. The van der Waals surface area contributed by atoms with E-state index < -0.39 is 0 Å². The highest BCUT2D eigenvalue weighted by atomic mass is 32.1. The smallest absolute Gasteiger partial charge is 0.120 e. The van der Waals surface area contributed by atoms with Crippen LogP contribution in [0.1, 0.15) is 31.7 Å². The van der Waals surface area contributed by atoms with Gasteiger partial charge in [-0.05, 0) is 18.6 Å². The van der Waals surface area contributed by atoms with E-state index in [4.69, 9.17) is 22.7 Å². The zero-order chi connectivity index (χ0) is 13.5. The van der Waals surface area contributed by atoms with E-state index in [1.165, 1.54) is 19.3 Å². The predicted octanol–water partition coefficient (Wildman–Crippen LogP) is 2.96. The number of anilines is 1. The zero-order valence-corrected chi connectivity index (χ0v) is 12.2. The van der Waals surface area contributed by atoms with Crippen LogP contribution in [0.25, 0.3) is 0 Å². The molecule has 0 saturated carbocycles. The molecule has 0 amide bonds. The fourth-order valence-corrected chi connectivity index (χ4v) is 2.05. The molecule has 0 unspecified atom stereocenters. The van der Waals surface area contributed by atoms with Crippen LogP contribution in [0.3, 0.4) is 0 Å². The number of rotatable bonds is 7. The Morgan fingerprint density at radius 1 is 1.39 bits per heavy atom. The number of ether oxygens (including phenoxy) is 1. The van der Waals surface area contributed by atoms with E-state index in [2.05, 4.69) is 18.9 Å². The summed E-state index contributed by atoms with van der Waals surface area (Å²) in [7, 11) is 3.73. The maximum absolute atomic E-state index is 5.76. The van der Waals surface area contributed by atoms with Crippen molar-refractivity contribution in [2.45, 2.75) is 26.2 Å². The SMILES string of the molecule is CCCCCN(C)c1cc(OC)ccc1C(N)=S. The highest BCUT2D eigenvalue weighted by molar-refractivity contribution is 7.80. The van der Waals surface area contributed by atoms with Gasteiger partial charge in [0.1, 0.15) is 10.7 Å². The Morgan fingerprint density at radius 2 is 2.11 bits per heavy atom. The molecular formula is C14H22N2OS. The van der Waals surface area contributed by atoms with Crippen LogP contribution in [0.2, 0.25) is 0 Å². The second-order valence-corrected chi connectivity index (χ2v) is 4.82. The van der Waals surface area contributed by atoms with Gasteiger partial charge in [-0.25, -0.2) is 0 Å². The van der Waals surface area contributed by atoms with Crippen LogP contribution in [-0.4, -0.2) is 25.7 Å². The van der Waals surface area contributed by atoms with Crippen molar-refractivity contribution in [3.05, 3.63) is 23.8 Å². The molecule has 1 aromatic rings. The Bertz CT molecular complexity index is 407. The highest BCUT2D eigenvalue weighted by Crippen LogP contribution is 2.25. The van der Waals surface area contributed by atoms with E-state index in [1.807, 2.05) is 18.2 Å². The van der Waals surface area contributed by atoms with Gasteiger partial charge in [0.2, 0.25) is 0 Å². The molecule has 0 aliphatic rings. The molecule has 0 heterocycles. The summed E-state index contributed by atoms with van der Waals surface area (Å²) in [6.45, 7) is 3.20. The Balaban J connectivity index is 2.92. The van der Waals surface area contributed by atoms with Crippen LogP contribution < -0.4 is 15.4 Å². The van der Waals surface area contributed by atoms with Gasteiger partial charge in [-0.15, -0.1) is 0 Å². The van der Waals surface area contributed by atoms with Gasteiger partial charge in [-0.1, -0.05) is 32.0 Å². The molecule has 1 aromatic carbocycles. The van der Waals surface area contributed by atoms with Crippen LogP contribution in [0.5, 0.6) is 5.75 Å². The van der Waals surface area contributed by atoms with Crippen molar-refractivity contribution in [3.8, 4) is 5.75 Å². The first kappa shape index (κ1) is 14.8. The summed E-state index contributed by atoms with van der Waals surface area (Å²) in [4.78, 5) is 2.61. The third kappa shape index (κ3) is 3.88. The van der Waals surface area contributed by atoms with Gasteiger partial charge in [-0.2, -0.15) is 0 Å². The molecule has 0 atom stereocenters. The highest BCUT2D eigenvalue weighted by Gasteiger charge is 2.10. The second kappa shape index (κ2) is 7.21. The van der Waals surface area contributed by atoms with E-state index in [1.54, 1.807) is 7.11 Å². The van der Waals surface area contributed by atoms with Crippen LogP contribution in [0.15, 0.2) is 18.2 Å². The summed E-state index contributed by atoms with van der Waals surface area (Å²) in [6.07, 6.45) is 3.62. The van der Waals surface area contributed by atoms with Gasteiger partial charge in [0.05, 0.1) is 12.8 Å². The largest absolute Gasteiger partial charge is 0.497 e. The fraction of sp³-hybridized carbons (Fsp3) is 0.500. The predicted molar refractivity (Wildman–Crippen MR) is 81.7 cm³/mol. The monoisotopic (exact) mass is 266 g/mol. The summed E-state index contributed by atoms with van der Waals surface area (Å²) < 4.78 is 5.25. The maximum Gasteiger partial charge on any atom is 0.120 e. The quantitative estimate of drug-likeness (QED) is 0.608. The fourth-order valence-electron chi connectivity index (χ4n) is 1.88. The third-order valence-corrected chi connectivity index (χ3v) is 3.20. The van der Waals surface area contributed by atoms with Crippen molar-refractivity contribution in [1.82, 2.24) is 0 Å². The molecule has 0 fully saturated rings. The first-order valence-corrected chi connectivity index (χ1v) is 6.70. The average Bonchev–Trinajstić information content (AvgIpc) is 2.38. The standard InChI is InChI=1S/C14H22N2OS/c1-4-5-6-9-16(2)13-10-11(17-3)7-8-12(13)14(15)18/h7-8,10H,4-6,9H2,1-3H3,(H2,15,18). The van der Waals surface area contributed by atoms with Gasteiger partial charge >= 0.3 is 0 Å². The molecule has 3 nitrogen and oxygen atoms in total. The van der Waals surface area contributed by atoms with Crippen molar-refractivity contribution in [1.29, 1.82) is 0 Å². The van der Waals surface area contributed by atoms with E-state index in [0.29, 0.717) is 4.99 Å². The molecule has 0 radical (unpaired) electrons. The lowest BCUT2D eigenvalue weighted by molar-refractivity contribution is 0.415. The molecule has 0 aliphatic heterocycles. The first-order valence-electron chi connectivity index (χ1n) is 6.29. The lowest BCUT2D eigenvalue weighted by Gasteiger charge is -2.22.